The second kappa shape index (κ2) is 11.8. The molecular weight excluding hydrogens is 517 g/mol. The van der Waals surface area contributed by atoms with E-state index in [-0.39, 0.29) is 46.0 Å². The van der Waals surface area contributed by atoms with Crippen molar-refractivity contribution in [1.82, 2.24) is 13.7 Å². The van der Waals surface area contributed by atoms with Crippen LogP contribution in [0, 0.1) is 5.41 Å². The third-order valence-electron chi connectivity index (χ3n) is 5.20. The average Bonchev–Trinajstić information content (AvgIpc) is 2.88. The molecule has 174 valence electrons. The summed E-state index contributed by atoms with van der Waals surface area (Å²) in [5, 5.41) is 5.68. The summed E-state index contributed by atoms with van der Waals surface area (Å²) in [6.45, 7) is 10.1. The van der Waals surface area contributed by atoms with Crippen LogP contribution in [-0.4, -0.2) is 61.2 Å². The van der Waals surface area contributed by atoms with Crippen molar-refractivity contribution in [1.29, 1.82) is 0 Å². The molecule has 30 heavy (non-hydrogen) atoms. The second-order valence-corrected chi connectivity index (χ2v) is 12.9. The number of alkyl halides is 1. The molecule has 0 aliphatic carbocycles. The fraction of sp³-hybridized carbons (Fsp3) is 0.810. The van der Waals surface area contributed by atoms with Crippen molar-refractivity contribution in [3.8, 4) is 0 Å². The van der Waals surface area contributed by atoms with Gasteiger partial charge >= 0.3 is 154 Å². The molecule has 1 heterocycles. The van der Waals surface area contributed by atoms with Crippen LogP contribution in [0.1, 0.15) is 66.7 Å². The van der Waals surface area contributed by atoms with Crippen molar-refractivity contribution in [3.63, 3.8) is 0 Å². The summed E-state index contributed by atoms with van der Waals surface area (Å²) in [6, 6.07) is -0.120. The Hall–Kier alpha value is -0.680. The Morgan fingerprint density at radius 3 is 2.37 bits per heavy atom. The largest absolute Gasteiger partial charge is 0.298 e. The van der Waals surface area contributed by atoms with Crippen LogP contribution >= 0.6 is 11.8 Å². The van der Waals surface area contributed by atoms with Crippen molar-refractivity contribution in [3.05, 3.63) is 0 Å². The van der Waals surface area contributed by atoms with Crippen LogP contribution in [0.15, 0.2) is 0 Å². The molecule has 1 rings (SSSR count). The summed E-state index contributed by atoms with van der Waals surface area (Å²) in [5.41, 5.74) is -0.591. The van der Waals surface area contributed by atoms with Crippen LogP contribution < -0.4 is 32.1 Å². The van der Waals surface area contributed by atoms with Crippen LogP contribution in [0.4, 0.5) is 0 Å². The first-order valence-corrected chi connectivity index (χ1v) is 14.3. The van der Waals surface area contributed by atoms with E-state index in [9.17, 15) is 19.2 Å². The maximum atomic E-state index is 12.7. The Morgan fingerprint density at radius 2 is 1.87 bits per heavy atom. The number of imide groups is 1. The topological polar surface area (TPSA) is 95.6 Å². The minimum atomic E-state index is -0.591. The summed E-state index contributed by atoms with van der Waals surface area (Å²) in [7, 11) is 1.78. The quantitative estimate of drug-likeness (QED) is 0.101. The Kier molecular flexibility index (Phi) is 10.8. The summed E-state index contributed by atoms with van der Waals surface area (Å²) < 4.78 is 1.11. The molecule has 9 heteroatoms. The number of thioether (sulfide) groups is 1. The van der Waals surface area contributed by atoms with Gasteiger partial charge in [-0.25, -0.2) is 0 Å². The predicted octanol–water partition coefficient (Wildman–Crippen LogP) is -0.861. The number of unbranched alkanes of at least 4 members (excludes halogenated alkanes) is 1. The van der Waals surface area contributed by atoms with Crippen molar-refractivity contribution in [2.45, 2.75) is 82.8 Å². The zero-order valence-electron chi connectivity index (χ0n) is 19.3. The average molecular weight is 555 g/mol. The van der Waals surface area contributed by atoms with E-state index >= 15 is 0 Å². The molecule has 1 saturated heterocycles. The standard InChI is InChI=1S/C21H37IN3O4S/c1-14(26)15(23-7)10-8-9-11-24-19(29)20(2,3)13-21(4,5)30-16-12-17(27)25(22-6)18(16)28/h15-16,23H,8-13H2,1-7H3,(H,24,29)/q-1. The molecule has 2 atom stereocenters. The maximum Gasteiger partial charge on any atom is 0.146 e. The van der Waals surface area contributed by atoms with Gasteiger partial charge in [-0.15, -0.1) is 0 Å². The van der Waals surface area contributed by atoms with Gasteiger partial charge in [-0.05, 0) is 20.4 Å². The molecule has 0 saturated carbocycles. The fourth-order valence-electron chi connectivity index (χ4n) is 3.88. The van der Waals surface area contributed by atoms with Gasteiger partial charge in [-0.3, -0.25) is 4.79 Å². The molecule has 2 N–H and O–H groups in total. The Balaban J connectivity index is 2.50. The van der Waals surface area contributed by atoms with Crippen LogP contribution in [0.2, 0.25) is 0 Å². The first kappa shape index (κ1) is 27.4. The number of nitrogens with zero attached hydrogens (tertiary/aromatic N) is 1. The monoisotopic (exact) mass is 554 g/mol. The number of Topliss-reactive ketones (excluding diaryl/α,β-unsaturated/α-hetero) is 1. The molecule has 1 aliphatic heterocycles. The number of carbonyl (C=O) groups is 4. The van der Waals surface area contributed by atoms with E-state index in [1.165, 1.54) is 14.9 Å². The predicted molar refractivity (Wildman–Crippen MR) is 117 cm³/mol. The molecule has 0 bridgehead atoms. The normalized spacial score (nSPS) is 18.8. The molecule has 0 aromatic carbocycles. The zero-order valence-corrected chi connectivity index (χ0v) is 22.2. The first-order valence-electron chi connectivity index (χ1n) is 10.3. The number of halogens is 1. The van der Waals surface area contributed by atoms with Gasteiger partial charge in [0.05, 0.1) is 6.04 Å². The molecule has 2 unspecified atom stereocenters. The van der Waals surface area contributed by atoms with Crippen molar-refractivity contribution in [2.75, 3.05) is 18.5 Å². The third-order valence-corrected chi connectivity index (χ3v) is 8.62. The minimum absolute atomic E-state index is 0.0113. The van der Waals surface area contributed by atoms with E-state index in [0.29, 0.717) is 13.0 Å². The molecule has 1 fully saturated rings. The van der Waals surface area contributed by atoms with Crippen molar-refractivity contribution >= 4 is 35.3 Å². The zero-order chi connectivity index (χ0) is 23.1. The number of nitrogens with one attached hydrogen (secondary N) is 2. The smallest absolute Gasteiger partial charge is 0.146 e. The van der Waals surface area contributed by atoms with Crippen LogP contribution in [0.3, 0.4) is 0 Å². The Bertz CT molecular complexity index is 654. The maximum absolute atomic E-state index is 12.7. The van der Waals surface area contributed by atoms with E-state index in [4.69, 9.17) is 0 Å². The molecule has 0 radical (unpaired) electrons. The van der Waals surface area contributed by atoms with Gasteiger partial charge in [0, 0.05) is 0 Å². The second-order valence-electron chi connectivity index (χ2n) is 9.02. The molecule has 0 aromatic rings. The number of amides is 3. The van der Waals surface area contributed by atoms with E-state index < -0.39 is 26.9 Å². The number of likely N-dealkylation sites (N-methyl/N-ethyl adjacent to an activating group) is 1. The van der Waals surface area contributed by atoms with Gasteiger partial charge < -0.3 is 5.32 Å². The molecule has 0 spiro atoms. The van der Waals surface area contributed by atoms with E-state index in [1.807, 2.05) is 32.6 Å². The van der Waals surface area contributed by atoms with Crippen LogP contribution in [0.25, 0.3) is 0 Å². The molecule has 3 amide bonds. The van der Waals surface area contributed by atoms with Gasteiger partial charge in [0.1, 0.15) is 5.78 Å². The number of rotatable bonds is 13. The summed E-state index contributed by atoms with van der Waals surface area (Å²) >= 11 is 0.941. The number of hydrogen-bond acceptors (Lipinski definition) is 6. The van der Waals surface area contributed by atoms with E-state index in [0.717, 1.165) is 19.3 Å². The van der Waals surface area contributed by atoms with Gasteiger partial charge in [0.15, 0.2) is 0 Å². The number of carbonyl (C=O) groups excluding carboxylic acids is 4. The summed E-state index contributed by atoms with van der Waals surface area (Å²) in [4.78, 5) is 50.5. The third kappa shape index (κ3) is 8.11. The van der Waals surface area contributed by atoms with E-state index in [1.54, 1.807) is 14.0 Å². The Morgan fingerprint density at radius 1 is 1.23 bits per heavy atom. The summed E-state index contributed by atoms with van der Waals surface area (Å²) in [6.07, 6.45) is 3.31. The summed E-state index contributed by atoms with van der Waals surface area (Å²) in [5.74, 6) is -0.0106. The number of hydrogen-bond donors (Lipinski definition) is 2. The van der Waals surface area contributed by atoms with Gasteiger partial charge in [-0.2, -0.15) is 0 Å². The molecule has 1 aliphatic rings. The van der Waals surface area contributed by atoms with Crippen LogP contribution in [-0.2, 0) is 19.2 Å². The Labute approximate surface area is 195 Å². The number of ketones is 1. The SMILES string of the molecule is CNC(CCCCNC(=O)C(C)(C)CC(C)(C)SC1CC(=O)N([I-]C)C1=O)C(C)=O. The molecule has 0 aromatic heterocycles. The van der Waals surface area contributed by atoms with Crippen molar-refractivity contribution < 1.29 is 40.7 Å². The minimum Gasteiger partial charge on any atom is -0.298 e. The van der Waals surface area contributed by atoms with Crippen molar-refractivity contribution in [2.24, 2.45) is 5.41 Å². The molecular formula is C21H37IN3O4S-. The van der Waals surface area contributed by atoms with Crippen LogP contribution in [0.5, 0.6) is 0 Å². The van der Waals surface area contributed by atoms with Gasteiger partial charge in [0.2, 0.25) is 0 Å². The molecule has 7 nitrogen and oxygen atoms in total. The fourth-order valence-corrected chi connectivity index (χ4v) is 7.26. The van der Waals surface area contributed by atoms with E-state index in [2.05, 4.69) is 10.6 Å². The first-order chi connectivity index (χ1) is 13.8. The van der Waals surface area contributed by atoms with Gasteiger partial charge in [-0.1, -0.05) is 0 Å². The van der Waals surface area contributed by atoms with Gasteiger partial charge in [0.25, 0.3) is 0 Å².